The van der Waals surface area contributed by atoms with Crippen LogP contribution in [0.25, 0.3) is 0 Å². The van der Waals surface area contributed by atoms with Crippen LogP contribution in [-0.4, -0.2) is 13.7 Å². The maximum atomic E-state index is 5.38. The lowest BCUT2D eigenvalue weighted by molar-refractivity contribution is 0.413. The van der Waals surface area contributed by atoms with E-state index in [0.29, 0.717) is 5.92 Å². The number of para-hydroxylation sites is 1. The van der Waals surface area contributed by atoms with Crippen molar-refractivity contribution in [2.75, 3.05) is 19.0 Å². The van der Waals surface area contributed by atoms with Gasteiger partial charge in [-0.1, -0.05) is 25.5 Å². The largest absolute Gasteiger partial charge is 0.495 e. The van der Waals surface area contributed by atoms with Crippen molar-refractivity contribution in [1.29, 1.82) is 0 Å². The Bertz CT molecular complexity index is 335. The van der Waals surface area contributed by atoms with Gasteiger partial charge in [0.05, 0.1) is 12.8 Å². The molecule has 2 rings (SSSR count). The van der Waals surface area contributed by atoms with Gasteiger partial charge in [-0.3, -0.25) is 0 Å². The molecule has 1 aromatic carbocycles. The molecule has 0 radical (unpaired) electrons. The van der Waals surface area contributed by atoms with Gasteiger partial charge in [0.1, 0.15) is 5.75 Å². The zero-order valence-corrected chi connectivity index (χ0v) is 9.55. The van der Waals surface area contributed by atoms with Crippen molar-refractivity contribution >= 4 is 5.69 Å². The molecule has 0 saturated heterocycles. The Morgan fingerprint density at radius 1 is 1.47 bits per heavy atom. The second kappa shape index (κ2) is 4.56. The number of benzene rings is 1. The summed E-state index contributed by atoms with van der Waals surface area (Å²) < 4.78 is 5.38. The Kier molecular flexibility index (Phi) is 3.14. The van der Waals surface area contributed by atoms with Crippen LogP contribution in [0.1, 0.15) is 37.7 Å². The molecule has 0 saturated carbocycles. The Morgan fingerprint density at radius 2 is 2.33 bits per heavy atom. The second-order valence-corrected chi connectivity index (χ2v) is 4.13. The normalized spacial score (nSPS) is 19.2. The molecule has 1 N–H and O–H groups in total. The zero-order chi connectivity index (χ0) is 10.7. The first kappa shape index (κ1) is 10.3. The first-order chi connectivity index (χ1) is 7.36. The van der Waals surface area contributed by atoms with Crippen molar-refractivity contribution in [3.8, 4) is 5.75 Å². The summed E-state index contributed by atoms with van der Waals surface area (Å²) in [4.78, 5) is 0. The minimum atomic E-state index is 0.710. The van der Waals surface area contributed by atoms with Gasteiger partial charge in [-0.2, -0.15) is 0 Å². The molecule has 82 valence electrons. The summed E-state index contributed by atoms with van der Waals surface area (Å²) in [5, 5.41) is 3.45. The van der Waals surface area contributed by atoms with Crippen LogP contribution in [0.3, 0.4) is 0 Å². The van der Waals surface area contributed by atoms with E-state index in [9.17, 15) is 0 Å². The van der Waals surface area contributed by atoms with E-state index in [1.807, 2.05) is 6.07 Å². The minimum Gasteiger partial charge on any atom is -0.495 e. The summed E-state index contributed by atoms with van der Waals surface area (Å²) in [6.45, 7) is 3.32. The van der Waals surface area contributed by atoms with Gasteiger partial charge in [0, 0.05) is 6.54 Å². The molecule has 0 aromatic heterocycles. The standard InChI is InChI=1S/C13H19NO/c1-3-5-10-8-9-14-13-11(10)6-4-7-12(13)15-2/h4,6-7,10,14H,3,5,8-9H2,1-2H3. The topological polar surface area (TPSA) is 21.3 Å². The molecule has 1 aromatic rings. The number of ether oxygens (including phenoxy) is 1. The van der Waals surface area contributed by atoms with Crippen molar-refractivity contribution in [3.63, 3.8) is 0 Å². The third kappa shape index (κ3) is 1.94. The Labute approximate surface area is 91.6 Å². The van der Waals surface area contributed by atoms with E-state index in [0.717, 1.165) is 12.3 Å². The van der Waals surface area contributed by atoms with Gasteiger partial charge in [0.2, 0.25) is 0 Å². The fourth-order valence-electron chi connectivity index (χ4n) is 2.42. The van der Waals surface area contributed by atoms with Gasteiger partial charge in [-0.25, -0.2) is 0 Å². The number of hydrogen-bond donors (Lipinski definition) is 1. The molecule has 1 aliphatic heterocycles. The van der Waals surface area contributed by atoms with Crippen LogP contribution in [0.4, 0.5) is 5.69 Å². The van der Waals surface area contributed by atoms with Crippen molar-refractivity contribution in [3.05, 3.63) is 23.8 Å². The lowest BCUT2D eigenvalue weighted by atomic mass is 9.87. The molecule has 2 nitrogen and oxygen atoms in total. The Morgan fingerprint density at radius 3 is 3.07 bits per heavy atom. The number of anilines is 1. The number of fused-ring (bicyclic) bond motifs is 1. The van der Waals surface area contributed by atoms with E-state index >= 15 is 0 Å². The SMILES string of the molecule is CCCC1CCNc2c(OC)cccc21. The van der Waals surface area contributed by atoms with Crippen LogP contribution in [0.2, 0.25) is 0 Å². The predicted molar refractivity (Wildman–Crippen MR) is 63.7 cm³/mol. The van der Waals surface area contributed by atoms with Crippen LogP contribution in [0.15, 0.2) is 18.2 Å². The lowest BCUT2D eigenvalue weighted by Crippen LogP contribution is -2.17. The zero-order valence-electron chi connectivity index (χ0n) is 9.55. The van der Waals surface area contributed by atoms with Crippen LogP contribution in [-0.2, 0) is 0 Å². The molecule has 0 bridgehead atoms. The molecule has 1 unspecified atom stereocenters. The van der Waals surface area contributed by atoms with Crippen molar-refractivity contribution in [1.82, 2.24) is 0 Å². The molecular weight excluding hydrogens is 186 g/mol. The summed E-state index contributed by atoms with van der Waals surface area (Å²) in [7, 11) is 1.74. The predicted octanol–water partition coefficient (Wildman–Crippen LogP) is 3.39. The van der Waals surface area contributed by atoms with Crippen LogP contribution >= 0.6 is 0 Å². The molecule has 0 amide bonds. The highest BCUT2D eigenvalue weighted by molar-refractivity contribution is 5.64. The fourth-order valence-corrected chi connectivity index (χ4v) is 2.42. The number of methoxy groups -OCH3 is 1. The minimum absolute atomic E-state index is 0.710. The lowest BCUT2D eigenvalue weighted by Gasteiger charge is -2.27. The van der Waals surface area contributed by atoms with Crippen molar-refractivity contribution < 1.29 is 4.74 Å². The smallest absolute Gasteiger partial charge is 0.142 e. The third-order valence-corrected chi connectivity index (χ3v) is 3.15. The molecule has 1 aliphatic rings. The summed E-state index contributed by atoms with van der Waals surface area (Å²) in [5.41, 5.74) is 2.65. The average Bonchev–Trinajstić information content (AvgIpc) is 2.29. The molecule has 0 fully saturated rings. The molecule has 2 heteroatoms. The summed E-state index contributed by atoms with van der Waals surface area (Å²) >= 11 is 0. The molecule has 1 heterocycles. The van der Waals surface area contributed by atoms with E-state index in [4.69, 9.17) is 4.74 Å². The van der Waals surface area contributed by atoms with Crippen LogP contribution in [0.5, 0.6) is 5.75 Å². The van der Waals surface area contributed by atoms with Gasteiger partial charge in [0.15, 0.2) is 0 Å². The first-order valence-electron chi connectivity index (χ1n) is 5.77. The van der Waals surface area contributed by atoms with Crippen molar-refractivity contribution in [2.45, 2.75) is 32.1 Å². The molecule has 0 spiro atoms. The number of nitrogens with one attached hydrogen (secondary N) is 1. The van der Waals surface area contributed by atoms with E-state index in [-0.39, 0.29) is 0 Å². The van der Waals surface area contributed by atoms with Crippen LogP contribution in [0, 0.1) is 0 Å². The van der Waals surface area contributed by atoms with Crippen LogP contribution < -0.4 is 10.1 Å². The van der Waals surface area contributed by atoms with E-state index in [2.05, 4.69) is 24.4 Å². The van der Waals surface area contributed by atoms with Gasteiger partial charge in [-0.15, -0.1) is 0 Å². The second-order valence-electron chi connectivity index (χ2n) is 4.13. The summed E-state index contributed by atoms with van der Waals surface area (Å²) in [6.07, 6.45) is 3.77. The van der Waals surface area contributed by atoms with Gasteiger partial charge in [0.25, 0.3) is 0 Å². The van der Waals surface area contributed by atoms with E-state index < -0.39 is 0 Å². The maximum Gasteiger partial charge on any atom is 0.142 e. The highest BCUT2D eigenvalue weighted by Crippen LogP contribution is 2.39. The fraction of sp³-hybridized carbons (Fsp3) is 0.538. The van der Waals surface area contributed by atoms with Gasteiger partial charge >= 0.3 is 0 Å². The number of rotatable bonds is 3. The highest BCUT2D eigenvalue weighted by atomic mass is 16.5. The first-order valence-corrected chi connectivity index (χ1v) is 5.77. The maximum absolute atomic E-state index is 5.38. The monoisotopic (exact) mass is 205 g/mol. The Hall–Kier alpha value is -1.18. The molecule has 1 atom stereocenters. The molecule has 0 aliphatic carbocycles. The number of hydrogen-bond acceptors (Lipinski definition) is 2. The Balaban J connectivity index is 2.35. The van der Waals surface area contributed by atoms with Gasteiger partial charge < -0.3 is 10.1 Å². The van der Waals surface area contributed by atoms with Gasteiger partial charge in [-0.05, 0) is 30.4 Å². The quantitative estimate of drug-likeness (QED) is 0.816. The third-order valence-electron chi connectivity index (χ3n) is 3.15. The summed E-state index contributed by atoms with van der Waals surface area (Å²) in [5.74, 6) is 1.69. The highest BCUT2D eigenvalue weighted by Gasteiger charge is 2.21. The molecular formula is C13H19NO. The average molecular weight is 205 g/mol. The van der Waals surface area contributed by atoms with E-state index in [1.165, 1.54) is 30.5 Å². The summed E-state index contributed by atoms with van der Waals surface area (Å²) in [6, 6.07) is 6.35. The van der Waals surface area contributed by atoms with Crippen molar-refractivity contribution in [2.24, 2.45) is 0 Å². The van der Waals surface area contributed by atoms with E-state index in [1.54, 1.807) is 7.11 Å². The molecule has 15 heavy (non-hydrogen) atoms.